The fourth-order valence-electron chi connectivity index (χ4n) is 4.85. The SMILES string of the molecule is CN(C)C1=C2N=C(N=C3N=C([N-]C4=NC(=NC5=NC(=N2)C(C#N)=C5N(C)C)C(C#N)=C4N(C)C)C(C#N)=C3N(C)C)C1=C=[N-].[Zn+2]. The zero-order chi connectivity index (χ0) is 32.0. The van der Waals surface area contributed by atoms with Crippen molar-refractivity contribution in [2.45, 2.75) is 0 Å². The first-order chi connectivity index (χ1) is 20.9. The zero-order valence-corrected chi connectivity index (χ0v) is 28.8. The maximum atomic E-state index is 10.2. The number of aliphatic imine (C=N–C) groups is 7. The van der Waals surface area contributed by atoms with Crippen LogP contribution in [-0.2, 0) is 19.5 Å². The zero-order valence-electron chi connectivity index (χ0n) is 25.9. The van der Waals surface area contributed by atoms with E-state index in [9.17, 15) is 21.2 Å². The summed E-state index contributed by atoms with van der Waals surface area (Å²) in [4.78, 5) is 38.7. The first kappa shape index (κ1) is 32.1. The molecule has 5 rings (SSSR count). The molecule has 0 amide bonds. The van der Waals surface area contributed by atoms with E-state index in [1.54, 1.807) is 76.0 Å². The Morgan fingerprint density at radius 2 is 0.933 bits per heavy atom. The molecular formula is C28H24N16Zn. The van der Waals surface area contributed by atoms with Crippen molar-refractivity contribution < 1.29 is 19.5 Å². The molecule has 0 aliphatic carbocycles. The van der Waals surface area contributed by atoms with Crippen molar-refractivity contribution in [2.75, 3.05) is 56.4 Å². The number of rotatable bonds is 4. The summed E-state index contributed by atoms with van der Waals surface area (Å²) in [7, 11) is 13.8. The van der Waals surface area contributed by atoms with Crippen LogP contribution >= 0.6 is 0 Å². The fourth-order valence-corrected chi connectivity index (χ4v) is 4.85. The minimum Gasteiger partial charge on any atom is -0.763 e. The Kier molecular flexibility index (Phi) is 8.61. The van der Waals surface area contributed by atoms with Gasteiger partial charge in [-0.15, -0.1) is 0 Å². The van der Waals surface area contributed by atoms with Gasteiger partial charge in [0, 0.05) is 68.1 Å². The summed E-state index contributed by atoms with van der Waals surface area (Å²) < 4.78 is 0. The van der Waals surface area contributed by atoms with Gasteiger partial charge in [-0.05, 0) is 0 Å². The second-order valence-electron chi connectivity index (χ2n) is 10.4. The summed E-state index contributed by atoms with van der Waals surface area (Å²) in [6, 6.07) is 6.46. The quantitative estimate of drug-likeness (QED) is 0.320. The molecule has 16 nitrogen and oxygen atoms in total. The van der Waals surface area contributed by atoms with Crippen molar-refractivity contribution >= 4 is 46.7 Å². The van der Waals surface area contributed by atoms with Gasteiger partial charge in [0.25, 0.3) is 0 Å². The fraction of sp³-hybridized carbons (Fsp3) is 0.286. The van der Waals surface area contributed by atoms with Gasteiger partial charge in [0.2, 0.25) is 0 Å². The number of hydrogen-bond acceptors (Lipinski definition) is 14. The molecule has 0 unspecified atom stereocenters. The van der Waals surface area contributed by atoms with Crippen LogP contribution in [0.1, 0.15) is 0 Å². The Labute approximate surface area is 272 Å². The number of amidine groups is 7. The van der Waals surface area contributed by atoms with Crippen molar-refractivity contribution in [3.05, 3.63) is 61.6 Å². The molecule has 17 heteroatoms. The van der Waals surface area contributed by atoms with E-state index in [-0.39, 0.29) is 88.4 Å². The van der Waals surface area contributed by atoms with Crippen molar-refractivity contribution in [3.8, 4) is 18.2 Å². The Balaban J connectivity index is 0.00000461. The third-order valence-electron chi connectivity index (χ3n) is 6.62. The molecule has 0 aromatic heterocycles. The van der Waals surface area contributed by atoms with Gasteiger partial charge in [0.15, 0.2) is 23.3 Å². The van der Waals surface area contributed by atoms with Crippen LogP contribution < -0.4 is 0 Å². The summed E-state index contributed by atoms with van der Waals surface area (Å²) in [6.07, 6.45) is 0. The molecule has 0 spiro atoms. The summed E-state index contributed by atoms with van der Waals surface area (Å²) in [6.45, 7) is 0. The van der Waals surface area contributed by atoms with Crippen LogP contribution in [0.5, 0.6) is 0 Å². The summed E-state index contributed by atoms with van der Waals surface area (Å²) >= 11 is 0. The molecule has 0 aromatic rings. The normalized spacial score (nSPS) is 18.2. The van der Waals surface area contributed by atoms with Crippen LogP contribution in [0.4, 0.5) is 0 Å². The molecule has 0 saturated heterocycles. The van der Waals surface area contributed by atoms with E-state index in [0.717, 1.165) is 0 Å². The predicted molar refractivity (Wildman–Crippen MR) is 167 cm³/mol. The Morgan fingerprint density at radius 3 is 1.47 bits per heavy atom. The van der Waals surface area contributed by atoms with Gasteiger partial charge < -0.3 is 40.3 Å². The molecule has 45 heavy (non-hydrogen) atoms. The predicted octanol–water partition coefficient (Wildman–Crippen LogP) is 1.13. The first-order valence-electron chi connectivity index (χ1n) is 12.9. The molecule has 0 aromatic carbocycles. The van der Waals surface area contributed by atoms with Gasteiger partial charge in [-0.2, -0.15) is 15.8 Å². The van der Waals surface area contributed by atoms with E-state index in [1.807, 2.05) is 0 Å². The van der Waals surface area contributed by atoms with Crippen molar-refractivity contribution in [2.24, 2.45) is 34.9 Å². The second kappa shape index (κ2) is 12.1. The van der Waals surface area contributed by atoms with Crippen LogP contribution in [-0.4, -0.2) is 123 Å². The van der Waals surface area contributed by atoms with Crippen molar-refractivity contribution in [3.63, 3.8) is 0 Å². The average Bonchev–Trinajstić information content (AvgIpc) is 3.68. The van der Waals surface area contributed by atoms with E-state index in [1.165, 1.54) is 0 Å². The van der Waals surface area contributed by atoms with E-state index < -0.39 is 0 Å². The second-order valence-corrected chi connectivity index (χ2v) is 10.4. The van der Waals surface area contributed by atoms with E-state index in [0.29, 0.717) is 22.8 Å². The third kappa shape index (κ3) is 5.19. The number of fused-ring (bicyclic) bond motifs is 4. The smallest absolute Gasteiger partial charge is 0.763 e. The van der Waals surface area contributed by atoms with E-state index >= 15 is 0 Å². The number of nitrogens with zero attached hydrogens (tertiary/aromatic N) is 16. The number of likely N-dealkylation sites (N-methyl/N-ethyl adjacent to an activating group) is 4. The molecule has 8 bridgehead atoms. The van der Waals surface area contributed by atoms with Gasteiger partial charge in [-0.1, -0.05) is 0 Å². The summed E-state index contributed by atoms with van der Waals surface area (Å²) in [5.41, 5.74) is 1.84. The molecule has 0 N–H and O–H groups in total. The average molecular weight is 650 g/mol. The molecule has 0 radical (unpaired) electrons. The number of hydrogen-bond donors (Lipinski definition) is 0. The number of nitriles is 3. The molecule has 0 saturated carbocycles. The minimum absolute atomic E-state index is 0. The van der Waals surface area contributed by atoms with Gasteiger partial charge in [-0.25, -0.2) is 25.0 Å². The largest absolute Gasteiger partial charge is 2.00 e. The Bertz CT molecular complexity index is 1960. The first-order valence-corrected chi connectivity index (χ1v) is 12.9. The van der Waals surface area contributed by atoms with Gasteiger partial charge >= 0.3 is 19.5 Å². The van der Waals surface area contributed by atoms with Gasteiger partial charge in [0.1, 0.15) is 46.7 Å². The molecule has 0 atom stereocenters. The maximum Gasteiger partial charge on any atom is 2.00 e. The summed E-state index contributed by atoms with van der Waals surface area (Å²) in [5.74, 6) is 2.56. The molecular weight excluding hydrogens is 626 g/mol. The Morgan fingerprint density at radius 1 is 0.511 bits per heavy atom. The molecule has 5 aliphatic heterocycles. The molecule has 0 fully saturated rings. The topological polar surface area (TPSA) is 207 Å². The standard InChI is InChI=1S/C28H24N16.Zn/c1-41(2)17-13(9-29)21-33-25(17)37-22-14(10-30)18(42(3)4)27(34-22)39-24-16(12-32)20(44(7)8)28(36-24)40-23-15(11-31)19(43(5)6)26(35-23)38-21;/h1-8H3;/q-2;+2. The molecule has 5 heterocycles. The summed E-state index contributed by atoms with van der Waals surface area (Å²) in [5, 5.41) is 45.3. The Hall–Kier alpha value is -5.81. The molecule has 5 aliphatic rings. The molecule has 218 valence electrons. The maximum absolute atomic E-state index is 10.2. The van der Waals surface area contributed by atoms with Crippen LogP contribution in [0.2, 0.25) is 0 Å². The van der Waals surface area contributed by atoms with Crippen LogP contribution in [0, 0.1) is 34.0 Å². The minimum atomic E-state index is 0. The van der Waals surface area contributed by atoms with Gasteiger partial charge in [0.05, 0.1) is 28.2 Å². The van der Waals surface area contributed by atoms with Crippen LogP contribution in [0.15, 0.2) is 85.8 Å². The monoisotopic (exact) mass is 648 g/mol. The van der Waals surface area contributed by atoms with Crippen molar-refractivity contribution in [1.82, 2.24) is 19.6 Å². The van der Waals surface area contributed by atoms with Crippen molar-refractivity contribution in [1.29, 1.82) is 15.8 Å². The van der Waals surface area contributed by atoms with Gasteiger partial charge in [-0.3, -0.25) is 5.87 Å². The van der Waals surface area contributed by atoms with Crippen LogP contribution in [0.25, 0.3) is 10.7 Å². The third-order valence-corrected chi connectivity index (χ3v) is 6.62. The van der Waals surface area contributed by atoms with E-state index in [2.05, 4.69) is 64.3 Å². The van der Waals surface area contributed by atoms with E-state index in [4.69, 9.17) is 0 Å². The van der Waals surface area contributed by atoms with Crippen LogP contribution in [0.3, 0.4) is 0 Å².